The van der Waals surface area contributed by atoms with Crippen LogP contribution in [0.3, 0.4) is 0 Å². The fraction of sp³-hybridized carbons (Fsp3) is 0.317. The van der Waals surface area contributed by atoms with Gasteiger partial charge in [0, 0.05) is 6.92 Å². The van der Waals surface area contributed by atoms with Crippen LogP contribution in [0.15, 0.2) is 212 Å². The number of rotatable bonds is 26. The van der Waals surface area contributed by atoms with Gasteiger partial charge < -0.3 is 52.7 Å². The maximum absolute atomic E-state index is 13.6. The summed E-state index contributed by atoms with van der Waals surface area (Å²) in [6.45, 7) is 3.37. The van der Waals surface area contributed by atoms with E-state index in [4.69, 9.17) is 47.4 Å². The van der Waals surface area contributed by atoms with Crippen LogP contribution in [0.5, 0.6) is 0 Å². The number of hydrogen-bond donors (Lipinski definition) is 1. The molecule has 2 heterocycles. The number of nitrogens with one attached hydrogen (secondary N) is 1. The summed E-state index contributed by atoms with van der Waals surface area (Å²) in [5.41, 5.74) is 6.73. The van der Waals surface area contributed by atoms with Crippen molar-refractivity contribution in [2.45, 2.75) is 115 Å². The molecule has 12 nitrogen and oxygen atoms in total. The Morgan fingerprint density at radius 1 is 0.360 bits per heavy atom. The molecule has 0 saturated carbocycles. The molecule has 0 aliphatic carbocycles. The molecular weight excluding hydrogens is 947 g/mol. The molecule has 7 aromatic carbocycles. The highest BCUT2D eigenvalue weighted by Gasteiger charge is 2.54. The van der Waals surface area contributed by atoms with E-state index in [0.717, 1.165) is 38.9 Å². The summed E-state index contributed by atoms with van der Waals surface area (Å²) in [6.07, 6.45) is -7.96. The molecule has 1 N–H and O–H groups in total. The molecule has 75 heavy (non-hydrogen) atoms. The predicted molar refractivity (Wildman–Crippen MR) is 283 cm³/mol. The molecule has 2 aliphatic heterocycles. The molecule has 0 aromatic heterocycles. The van der Waals surface area contributed by atoms with E-state index in [1.54, 1.807) is 0 Å². The van der Waals surface area contributed by atoms with E-state index in [9.17, 15) is 4.79 Å². The standard InChI is InChI=1S/C63H67NO11/c1-46(65)64-56-59(69-40-50-29-15-5-16-30-50)57(68-39-49-27-13-4-14-28-49)54(44-66-37-47-23-9-2-10-24-47)73-62(56)75-58-55(45-67-38-48-25-11-3-12-26-48)74-63(72-43-53-35-21-8-22-36-53)61(71-42-52-33-19-7-20-34-52)60(58)70-41-51-31-17-6-18-32-51/h2-36,54-63H,37-45H2,1H3,(H,64,65)/t54-,55-,56-,57-,58-,59-,60+,61-,62-,63-/m1/s1. The van der Waals surface area contributed by atoms with Crippen molar-refractivity contribution >= 4 is 5.91 Å². The summed E-state index contributed by atoms with van der Waals surface area (Å²) < 4.78 is 69.4. The second kappa shape index (κ2) is 28.5. The van der Waals surface area contributed by atoms with Crippen LogP contribution >= 0.6 is 0 Å². The van der Waals surface area contributed by atoms with Gasteiger partial charge in [-0.15, -0.1) is 0 Å². The number of ether oxygens (including phenoxy) is 10. The molecule has 1 amide bonds. The third-order valence-corrected chi connectivity index (χ3v) is 13.1. The number of carbonyl (C=O) groups is 1. The third kappa shape index (κ3) is 16.1. The first-order chi connectivity index (χ1) is 37.0. The van der Waals surface area contributed by atoms with Crippen molar-refractivity contribution in [3.8, 4) is 0 Å². The summed E-state index contributed by atoms with van der Waals surface area (Å²) in [4.78, 5) is 13.6. The van der Waals surface area contributed by atoms with Gasteiger partial charge in [-0.25, -0.2) is 0 Å². The lowest BCUT2D eigenvalue weighted by Crippen LogP contribution is -2.69. The predicted octanol–water partition coefficient (Wildman–Crippen LogP) is 10.3. The largest absolute Gasteiger partial charge is 0.374 e. The molecule has 2 saturated heterocycles. The lowest BCUT2D eigenvalue weighted by molar-refractivity contribution is -0.363. The number of hydrogen-bond acceptors (Lipinski definition) is 11. The molecular formula is C63H67NO11. The van der Waals surface area contributed by atoms with E-state index >= 15 is 0 Å². The first-order valence-corrected chi connectivity index (χ1v) is 25.8. The molecule has 390 valence electrons. The first-order valence-electron chi connectivity index (χ1n) is 25.8. The number of carbonyl (C=O) groups excluding carboxylic acids is 1. The van der Waals surface area contributed by atoms with E-state index < -0.39 is 61.3 Å². The SMILES string of the molecule is CC(=O)N[C@H]1[C@@H](O[C@H]2[C@H](OCc3ccccc3)[C@@H](OCc3ccccc3)[C@H](OCc3ccccc3)O[C@@H]2COCc2ccccc2)O[C@H](COCc2ccccc2)[C@@H](OCc2ccccc2)[C@@H]1OCc1ccccc1. The van der Waals surface area contributed by atoms with E-state index in [-0.39, 0.29) is 52.2 Å². The van der Waals surface area contributed by atoms with Gasteiger partial charge in [-0.3, -0.25) is 4.79 Å². The number of benzene rings is 7. The Balaban J connectivity index is 1.11. The normalized spacial score (nSPS) is 23.6. The van der Waals surface area contributed by atoms with Crippen molar-refractivity contribution in [1.29, 1.82) is 0 Å². The summed E-state index contributed by atoms with van der Waals surface area (Å²) in [7, 11) is 0. The van der Waals surface area contributed by atoms with Crippen LogP contribution in [0.25, 0.3) is 0 Å². The van der Waals surface area contributed by atoms with E-state index in [1.807, 2.05) is 212 Å². The van der Waals surface area contributed by atoms with Crippen LogP contribution in [0, 0.1) is 0 Å². The van der Waals surface area contributed by atoms with Gasteiger partial charge in [0.05, 0.1) is 59.5 Å². The minimum Gasteiger partial charge on any atom is -0.374 e. The second-order valence-corrected chi connectivity index (χ2v) is 18.8. The summed E-state index contributed by atoms with van der Waals surface area (Å²) >= 11 is 0. The summed E-state index contributed by atoms with van der Waals surface area (Å²) in [5.74, 6) is -0.316. The zero-order valence-electron chi connectivity index (χ0n) is 42.3. The highest BCUT2D eigenvalue weighted by Crippen LogP contribution is 2.36. The zero-order chi connectivity index (χ0) is 51.3. The summed E-state index contributed by atoms with van der Waals surface area (Å²) in [6, 6.07) is 68.7. The van der Waals surface area contributed by atoms with E-state index in [2.05, 4.69) is 5.32 Å². The van der Waals surface area contributed by atoms with Gasteiger partial charge in [0.1, 0.15) is 48.8 Å². The average molecular weight is 1010 g/mol. The van der Waals surface area contributed by atoms with Gasteiger partial charge in [-0.05, 0) is 38.9 Å². The van der Waals surface area contributed by atoms with Crippen molar-refractivity contribution in [2.75, 3.05) is 13.2 Å². The Bertz CT molecular complexity index is 2680. The fourth-order valence-electron chi connectivity index (χ4n) is 9.33. The topological polar surface area (TPSA) is 121 Å². The maximum Gasteiger partial charge on any atom is 0.217 e. The molecule has 0 bridgehead atoms. The Kier molecular flexibility index (Phi) is 20.3. The van der Waals surface area contributed by atoms with Gasteiger partial charge in [0.15, 0.2) is 12.6 Å². The van der Waals surface area contributed by atoms with Gasteiger partial charge in [0.2, 0.25) is 5.91 Å². The zero-order valence-corrected chi connectivity index (χ0v) is 42.3. The van der Waals surface area contributed by atoms with Crippen LogP contribution in [0.1, 0.15) is 45.9 Å². The van der Waals surface area contributed by atoms with E-state index in [1.165, 1.54) is 6.92 Å². The lowest BCUT2D eigenvalue weighted by Gasteiger charge is -2.50. The van der Waals surface area contributed by atoms with Crippen LogP contribution in [-0.2, 0) is 98.4 Å². The first kappa shape index (κ1) is 53.4. The Labute approximate surface area is 440 Å². The quantitative estimate of drug-likeness (QED) is 0.0558. The minimum atomic E-state index is -1.18. The van der Waals surface area contributed by atoms with Gasteiger partial charge >= 0.3 is 0 Å². The monoisotopic (exact) mass is 1010 g/mol. The maximum atomic E-state index is 13.6. The molecule has 0 unspecified atom stereocenters. The highest BCUT2D eigenvalue weighted by atomic mass is 16.8. The number of amides is 1. The fourth-order valence-corrected chi connectivity index (χ4v) is 9.33. The Morgan fingerprint density at radius 3 is 1.05 bits per heavy atom. The van der Waals surface area contributed by atoms with Crippen molar-refractivity contribution in [1.82, 2.24) is 5.32 Å². The van der Waals surface area contributed by atoms with E-state index in [0.29, 0.717) is 13.2 Å². The van der Waals surface area contributed by atoms with Crippen LogP contribution < -0.4 is 5.32 Å². The lowest BCUT2D eigenvalue weighted by atomic mass is 9.94. The van der Waals surface area contributed by atoms with Crippen molar-refractivity contribution in [3.05, 3.63) is 251 Å². The Hall–Kier alpha value is -6.39. The Morgan fingerprint density at radius 2 is 0.667 bits per heavy atom. The van der Waals surface area contributed by atoms with Crippen LogP contribution in [0.2, 0.25) is 0 Å². The minimum absolute atomic E-state index is 0.0687. The molecule has 2 fully saturated rings. The molecule has 9 rings (SSSR count). The smallest absolute Gasteiger partial charge is 0.217 e. The van der Waals surface area contributed by atoms with Crippen molar-refractivity contribution < 1.29 is 52.2 Å². The van der Waals surface area contributed by atoms with Crippen LogP contribution in [0.4, 0.5) is 0 Å². The molecule has 7 aromatic rings. The summed E-state index contributed by atoms with van der Waals surface area (Å²) in [5, 5.41) is 3.19. The molecule has 2 aliphatic rings. The molecule has 0 radical (unpaired) electrons. The molecule has 10 atom stereocenters. The molecule has 12 heteroatoms. The highest BCUT2D eigenvalue weighted by molar-refractivity contribution is 5.73. The van der Waals surface area contributed by atoms with Crippen molar-refractivity contribution in [2.24, 2.45) is 0 Å². The second-order valence-electron chi connectivity index (χ2n) is 18.8. The molecule has 0 spiro atoms. The average Bonchev–Trinajstić information content (AvgIpc) is 3.45. The van der Waals surface area contributed by atoms with Crippen molar-refractivity contribution in [3.63, 3.8) is 0 Å². The van der Waals surface area contributed by atoms with Gasteiger partial charge in [0.25, 0.3) is 0 Å². The third-order valence-electron chi connectivity index (χ3n) is 13.1. The van der Waals surface area contributed by atoms with Crippen LogP contribution in [-0.4, -0.2) is 80.5 Å². The van der Waals surface area contributed by atoms with Gasteiger partial charge in [-0.1, -0.05) is 212 Å². The van der Waals surface area contributed by atoms with Gasteiger partial charge in [-0.2, -0.15) is 0 Å².